The molecule has 0 spiro atoms. The summed E-state index contributed by atoms with van der Waals surface area (Å²) in [6.45, 7) is 1.74. The standard InChI is InChI=1S/C10H6Cl2O2S/c1-4-7-5(11)2-3-6(12)9(7)15-8(4)10(13)14/h2-3H,1H3,(H,13,14). The Labute approximate surface area is 100 Å². The second kappa shape index (κ2) is 3.67. The van der Waals surface area contributed by atoms with Crippen LogP contribution in [-0.2, 0) is 0 Å². The van der Waals surface area contributed by atoms with Crippen molar-refractivity contribution in [3.05, 3.63) is 32.6 Å². The molecule has 0 amide bonds. The van der Waals surface area contributed by atoms with Crippen LogP contribution in [0.3, 0.4) is 0 Å². The molecule has 0 atom stereocenters. The molecule has 0 aliphatic carbocycles. The zero-order valence-electron chi connectivity index (χ0n) is 7.67. The first-order valence-electron chi connectivity index (χ1n) is 4.12. The number of aromatic carboxylic acids is 1. The molecule has 5 heteroatoms. The minimum atomic E-state index is -0.944. The van der Waals surface area contributed by atoms with E-state index in [0.717, 1.165) is 21.4 Å². The van der Waals surface area contributed by atoms with Gasteiger partial charge in [-0.2, -0.15) is 0 Å². The molecule has 2 aromatic rings. The Hall–Kier alpha value is -0.770. The number of fused-ring (bicyclic) bond motifs is 1. The summed E-state index contributed by atoms with van der Waals surface area (Å²) in [6.07, 6.45) is 0. The van der Waals surface area contributed by atoms with E-state index >= 15 is 0 Å². The zero-order valence-corrected chi connectivity index (χ0v) is 10.0. The predicted molar refractivity (Wildman–Crippen MR) is 63.5 cm³/mol. The number of carboxylic acid groups (broad SMARTS) is 1. The van der Waals surface area contributed by atoms with Crippen molar-refractivity contribution in [3.63, 3.8) is 0 Å². The van der Waals surface area contributed by atoms with Crippen molar-refractivity contribution in [1.29, 1.82) is 0 Å². The highest BCUT2D eigenvalue weighted by molar-refractivity contribution is 7.21. The van der Waals surface area contributed by atoms with E-state index in [2.05, 4.69) is 0 Å². The average molecular weight is 261 g/mol. The second-order valence-electron chi connectivity index (χ2n) is 3.09. The lowest BCUT2D eigenvalue weighted by molar-refractivity contribution is 0.0701. The molecule has 0 fully saturated rings. The number of hydrogen-bond donors (Lipinski definition) is 1. The van der Waals surface area contributed by atoms with E-state index in [1.54, 1.807) is 19.1 Å². The first kappa shape index (κ1) is 10.7. The van der Waals surface area contributed by atoms with E-state index in [9.17, 15) is 4.79 Å². The summed E-state index contributed by atoms with van der Waals surface area (Å²) in [7, 11) is 0. The molecule has 78 valence electrons. The maximum absolute atomic E-state index is 10.9. The Bertz CT molecular complexity index is 560. The van der Waals surface area contributed by atoms with Gasteiger partial charge in [-0.15, -0.1) is 11.3 Å². The maximum Gasteiger partial charge on any atom is 0.346 e. The Morgan fingerprint density at radius 2 is 1.93 bits per heavy atom. The predicted octanol–water partition coefficient (Wildman–Crippen LogP) is 4.21. The van der Waals surface area contributed by atoms with E-state index in [1.807, 2.05) is 0 Å². The van der Waals surface area contributed by atoms with Crippen LogP contribution < -0.4 is 0 Å². The molecule has 1 aromatic carbocycles. The van der Waals surface area contributed by atoms with Crippen LogP contribution in [0.5, 0.6) is 0 Å². The first-order valence-corrected chi connectivity index (χ1v) is 5.70. The molecule has 0 saturated heterocycles. The van der Waals surface area contributed by atoms with Crippen molar-refractivity contribution in [3.8, 4) is 0 Å². The van der Waals surface area contributed by atoms with Crippen LogP contribution in [0, 0.1) is 6.92 Å². The van der Waals surface area contributed by atoms with Gasteiger partial charge in [-0.1, -0.05) is 23.2 Å². The molecule has 0 unspecified atom stereocenters. The average Bonchev–Trinajstić information content (AvgIpc) is 2.51. The second-order valence-corrected chi connectivity index (χ2v) is 4.93. The summed E-state index contributed by atoms with van der Waals surface area (Å²) in [4.78, 5) is 11.2. The van der Waals surface area contributed by atoms with Crippen LogP contribution in [0.25, 0.3) is 10.1 Å². The number of rotatable bonds is 1. The van der Waals surface area contributed by atoms with E-state index in [0.29, 0.717) is 20.5 Å². The monoisotopic (exact) mass is 260 g/mol. The molecule has 1 aromatic heterocycles. The van der Waals surface area contributed by atoms with Gasteiger partial charge in [0.05, 0.1) is 9.72 Å². The fourth-order valence-electron chi connectivity index (χ4n) is 1.48. The van der Waals surface area contributed by atoms with Crippen molar-refractivity contribution in [2.45, 2.75) is 6.92 Å². The van der Waals surface area contributed by atoms with Gasteiger partial charge in [0.15, 0.2) is 0 Å². The summed E-state index contributed by atoms with van der Waals surface area (Å²) in [5, 5.41) is 10.8. The van der Waals surface area contributed by atoms with Crippen molar-refractivity contribution >= 4 is 50.6 Å². The Balaban J connectivity index is 2.93. The number of carboxylic acids is 1. The molecule has 0 radical (unpaired) electrons. The van der Waals surface area contributed by atoms with E-state index in [-0.39, 0.29) is 0 Å². The number of carbonyl (C=O) groups is 1. The van der Waals surface area contributed by atoms with Gasteiger partial charge in [0.25, 0.3) is 0 Å². The Morgan fingerprint density at radius 1 is 1.33 bits per heavy atom. The zero-order chi connectivity index (χ0) is 11.2. The molecule has 1 N–H and O–H groups in total. The molecule has 0 bridgehead atoms. The number of thiophene rings is 1. The topological polar surface area (TPSA) is 37.3 Å². The third-order valence-electron chi connectivity index (χ3n) is 2.17. The summed E-state index contributed by atoms with van der Waals surface area (Å²) >= 11 is 13.1. The van der Waals surface area contributed by atoms with E-state index in [4.69, 9.17) is 28.3 Å². The minimum Gasteiger partial charge on any atom is -0.477 e. The lowest BCUT2D eigenvalue weighted by atomic mass is 10.1. The highest BCUT2D eigenvalue weighted by Gasteiger charge is 2.17. The molecule has 2 nitrogen and oxygen atoms in total. The van der Waals surface area contributed by atoms with Gasteiger partial charge in [-0.25, -0.2) is 4.79 Å². The molecule has 2 rings (SSSR count). The molecule has 15 heavy (non-hydrogen) atoms. The number of aryl methyl sites for hydroxylation is 1. The fourth-order valence-corrected chi connectivity index (χ4v) is 3.18. The van der Waals surface area contributed by atoms with Gasteiger partial charge in [-0.05, 0) is 24.6 Å². The SMILES string of the molecule is Cc1c(C(=O)O)sc2c(Cl)ccc(Cl)c12. The number of benzene rings is 1. The summed E-state index contributed by atoms with van der Waals surface area (Å²) < 4.78 is 0.735. The molecule has 1 heterocycles. The van der Waals surface area contributed by atoms with Gasteiger partial charge >= 0.3 is 5.97 Å². The van der Waals surface area contributed by atoms with Crippen LogP contribution in [0.1, 0.15) is 15.2 Å². The van der Waals surface area contributed by atoms with Gasteiger partial charge in [0, 0.05) is 10.4 Å². The van der Waals surface area contributed by atoms with Crippen LogP contribution >= 0.6 is 34.5 Å². The van der Waals surface area contributed by atoms with Crippen LogP contribution in [-0.4, -0.2) is 11.1 Å². The molecular formula is C10H6Cl2O2S. The normalized spacial score (nSPS) is 10.9. The van der Waals surface area contributed by atoms with Gasteiger partial charge in [0.1, 0.15) is 4.88 Å². The Morgan fingerprint density at radius 3 is 2.47 bits per heavy atom. The highest BCUT2D eigenvalue weighted by atomic mass is 35.5. The van der Waals surface area contributed by atoms with Crippen molar-refractivity contribution in [2.24, 2.45) is 0 Å². The third-order valence-corrected chi connectivity index (χ3v) is 4.23. The lowest BCUT2D eigenvalue weighted by Gasteiger charge is -1.97. The van der Waals surface area contributed by atoms with Crippen molar-refractivity contribution < 1.29 is 9.90 Å². The van der Waals surface area contributed by atoms with Crippen LogP contribution in [0.4, 0.5) is 0 Å². The van der Waals surface area contributed by atoms with Gasteiger partial charge in [0.2, 0.25) is 0 Å². The smallest absolute Gasteiger partial charge is 0.346 e. The van der Waals surface area contributed by atoms with E-state index in [1.165, 1.54) is 0 Å². The molecule has 0 aliphatic rings. The lowest BCUT2D eigenvalue weighted by Crippen LogP contribution is -1.93. The summed E-state index contributed by atoms with van der Waals surface area (Å²) in [5.74, 6) is -0.944. The van der Waals surface area contributed by atoms with Crippen molar-refractivity contribution in [2.75, 3.05) is 0 Å². The quantitative estimate of drug-likeness (QED) is 0.834. The summed E-state index contributed by atoms with van der Waals surface area (Å²) in [5.41, 5.74) is 0.676. The van der Waals surface area contributed by atoms with Gasteiger partial charge in [-0.3, -0.25) is 0 Å². The molecule has 0 aliphatic heterocycles. The molecular weight excluding hydrogens is 255 g/mol. The summed E-state index contributed by atoms with van der Waals surface area (Å²) in [6, 6.07) is 3.35. The minimum absolute atomic E-state index is 0.292. The van der Waals surface area contributed by atoms with Crippen LogP contribution in [0.15, 0.2) is 12.1 Å². The highest BCUT2D eigenvalue weighted by Crippen LogP contribution is 2.39. The number of hydrogen-bond acceptors (Lipinski definition) is 2. The van der Waals surface area contributed by atoms with Gasteiger partial charge < -0.3 is 5.11 Å². The maximum atomic E-state index is 10.9. The Kier molecular flexibility index (Phi) is 2.63. The fraction of sp³-hybridized carbons (Fsp3) is 0.100. The van der Waals surface area contributed by atoms with E-state index < -0.39 is 5.97 Å². The molecule has 0 saturated carbocycles. The first-order chi connectivity index (χ1) is 7.02. The largest absolute Gasteiger partial charge is 0.477 e. The third kappa shape index (κ3) is 1.61. The number of halogens is 2. The van der Waals surface area contributed by atoms with Crippen LogP contribution in [0.2, 0.25) is 10.0 Å². The van der Waals surface area contributed by atoms with Crippen molar-refractivity contribution in [1.82, 2.24) is 0 Å².